The van der Waals surface area contributed by atoms with Gasteiger partial charge in [0.1, 0.15) is 23.0 Å². The first-order chi connectivity index (χ1) is 24.6. The summed E-state index contributed by atoms with van der Waals surface area (Å²) in [4.78, 5) is 27.6. The van der Waals surface area contributed by atoms with Crippen LogP contribution >= 0.6 is 0 Å². The Bertz CT molecular complexity index is 2160. The van der Waals surface area contributed by atoms with Crippen molar-refractivity contribution in [2.75, 3.05) is 10.6 Å². The lowest BCUT2D eigenvalue weighted by atomic mass is 9.75. The van der Waals surface area contributed by atoms with Gasteiger partial charge < -0.3 is 41.3 Å². The van der Waals surface area contributed by atoms with Crippen molar-refractivity contribution in [1.82, 2.24) is 0 Å². The number of anilines is 2. The summed E-state index contributed by atoms with van der Waals surface area (Å²) in [6, 6.07) is 16.3. The van der Waals surface area contributed by atoms with Crippen LogP contribution in [0.25, 0.3) is 33.4 Å². The molecule has 8 N–H and O–H groups in total. The highest BCUT2D eigenvalue weighted by Gasteiger charge is 2.38. The number of benzene rings is 4. The number of aromatic hydroxyl groups is 4. The van der Waals surface area contributed by atoms with Crippen molar-refractivity contribution in [1.29, 1.82) is 0 Å². The Hall–Kier alpha value is -6.42. The second-order valence-corrected chi connectivity index (χ2v) is 13.6. The lowest BCUT2D eigenvalue weighted by Gasteiger charge is -2.29. The van der Waals surface area contributed by atoms with E-state index in [1.165, 1.54) is 24.5 Å². The van der Waals surface area contributed by atoms with Crippen LogP contribution in [0.5, 0.6) is 23.0 Å². The van der Waals surface area contributed by atoms with E-state index in [0.717, 1.165) is 0 Å². The standard InChI is InChI=1S/C42H40N2O8/c1-19(2)31-23-15-21(5)33(39(49)35(23)25(37(47)41(31)51)17-43-27-11-7-9-13-29(27)45)34-22(6)16-24-32(20(3)4)42(52)38(48)26(36(24)40(34)50)18-44-28-12-8-10-14-30(28)46/h7-20,43-46,49-52H,1-6H3/b25-17+,26-18+. The Morgan fingerprint density at radius 1 is 0.538 bits per heavy atom. The first-order valence-electron chi connectivity index (χ1n) is 16.9. The van der Waals surface area contributed by atoms with Crippen LogP contribution in [0.1, 0.15) is 61.1 Å². The minimum Gasteiger partial charge on any atom is -0.507 e. The number of carbonyl (C=O) groups is 2. The zero-order chi connectivity index (χ0) is 37.8. The molecule has 0 unspecified atom stereocenters. The molecule has 0 aromatic heterocycles. The van der Waals surface area contributed by atoms with Crippen LogP contribution in [-0.4, -0.2) is 42.2 Å². The van der Waals surface area contributed by atoms with Crippen molar-refractivity contribution in [3.8, 4) is 34.1 Å². The zero-order valence-corrected chi connectivity index (χ0v) is 29.6. The van der Waals surface area contributed by atoms with Crippen LogP contribution in [-0.2, 0) is 9.59 Å². The molecule has 4 aromatic carbocycles. The van der Waals surface area contributed by atoms with E-state index in [-0.39, 0.29) is 79.6 Å². The molecule has 10 nitrogen and oxygen atoms in total. The number of rotatable bonds is 7. The van der Waals surface area contributed by atoms with E-state index >= 15 is 0 Å². The summed E-state index contributed by atoms with van der Waals surface area (Å²) >= 11 is 0. The molecule has 52 heavy (non-hydrogen) atoms. The summed E-state index contributed by atoms with van der Waals surface area (Å²) in [7, 11) is 0. The van der Waals surface area contributed by atoms with Crippen LogP contribution in [0.2, 0.25) is 0 Å². The maximum atomic E-state index is 13.8. The van der Waals surface area contributed by atoms with Gasteiger partial charge in [-0.3, -0.25) is 9.59 Å². The van der Waals surface area contributed by atoms with Gasteiger partial charge in [-0.15, -0.1) is 0 Å². The molecule has 0 amide bonds. The van der Waals surface area contributed by atoms with Gasteiger partial charge in [-0.1, -0.05) is 64.1 Å². The highest BCUT2D eigenvalue weighted by atomic mass is 16.3. The van der Waals surface area contributed by atoms with E-state index in [1.807, 2.05) is 27.7 Å². The lowest BCUT2D eigenvalue weighted by molar-refractivity contribution is -0.113. The fourth-order valence-electron chi connectivity index (χ4n) is 7.12. The summed E-state index contributed by atoms with van der Waals surface area (Å²) < 4.78 is 0. The summed E-state index contributed by atoms with van der Waals surface area (Å²) in [5.41, 5.74) is 3.54. The summed E-state index contributed by atoms with van der Waals surface area (Å²) in [5, 5.41) is 73.4. The summed E-state index contributed by atoms with van der Waals surface area (Å²) in [5.74, 6) is -3.91. The number of fused-ring (bicyclic) bond motifs is 2. The Morgan fingerprint density at radius 3 is 1.21 bits per heavy atom. The Labute approximate surface area is 301 Å². The molecule has 0 atom stereocenters. The Morgan fingerprint density at radius 2 is 0.885 bits per heavy atom. The van der Waals surface area contributed by atoms with Crippen molar-refractivity contribution in [2.45, 2.75) is 41.5 Å². The minimum atomic E-state index is -0.746. The van der Waals surface area contributed by atoms with Gasteiger partial charge in [0.15, 0.2) is 11.5 Å². The topological polar surface area (TPSA) is 180 Å². The molecule has 6 rings (SSSR count). The van der Waals surface area contributed by atoms with Crippen LogP contribution < -0.4 is 10.6 Å². The van der Waals surface area contributed by atoms with Gasteiger partial charge in [-0.05, 0) is 72.2 Å². The number of allylic oxidation sites excluding steroid dienone is 4. The number of phenolic OH excluding ortho intramolecular Hbond substituents is 4. The van der Waals surface area contributed by atoms with Crippen LogP contribution in [0, 0.1) is 25.7 Å². The van der Waals surface area contributed by atoms with Gasteiger partial charge in [0.2, 0.25) is 11.6 Å². The lowest BCUT2D eigenvalue weighted by Crippen LogP contribution is -2.20. The second-order valence-electron chi connectivity index (χ2n) is 13.6. The van der Waals surface area contributed by atoms with Gasteiger partial charge in [0, 0.05) is 45.8 Å². The average Bonchev–Trinajstić information content (AvgIpc) is 3.08. The number of aryl methyl sites for hydroxylation is 2. The van der Waals surface area contributed by atoms with E-state index in [4.69, 9.17) is 0 Å². The molecule has 0 saturated heterocycles. The van der Waals surface area contributed by atoms with Crippen molar-refractivity contribution in [3.63, 3.8) is 0 Å². The highest BCUT2D eigenvalue weighted by Crippen LogP contribution is 2.53. The number of phenols is 4. The number of carbonyl (C=O) groups excluding carboxylic acids is 2. The van der Waals surface area contributed by atoms with E-state index < -0.39 is 23.1 Å². The molecule has 266 valence electrons. The minimum absolute atomic E-state index is 0.0772. The quantitative estimate of drug-likeness (QED) is 0.0686. The SMILES string of the molecule is Cc1cc2c(c(O)c1-c1c(C)cc3c(c1O)/C(=C\Nc1ccccc1O)C(=O)C(O)=C3C(C)C)/C(=C\Nc1ccccc1O)C(=O)C(O)=C2C(C)C. The number of Topliss-reactive ketones (excluding diaryl/α,β-unsaturated/α-hetero) is 2. The average molecular weight is 701 g/mol. The third-order valence-electron chi connectivity index (χ3n) is 9.50. The second kappa shape index (κ2) is 13.4. The third kappa shape index (κ3) is 5.72. The number of ketones is 2. The summed E-state index contributed by atoms with van der Waals surface area (Å²) in [6.07, 6.45) is 2.63. The van der Waals surface area contributed by atoms with E-state index in [2.05, 4.69) is 10.6 Å². The number of nitrogens with one attached hydrogen (secondary N) is 2. The fourth-order valence-corrected chi connectivity index (χ4v) is 7.12. The van der Waals surface area contributed by atoms with Crippen LogP contribution in [0.15, 0.2) is 84.6 Å². The fraction of sp³-hybridized carbons (Fsp3) is 0.190. The molecule has 0 saturated carbocycles. The number of aliphatic hydroxyl groups is 2. The predicted molar refractivity (Wildman–Crippen MR) is 203 cm³/mol. The number of hydrogen-bond acceptors (Lipinski definition) is 10. The molecule has 0 bridgehead atoms. The molecule has 10 heteroatoms. The van der Waals surface area contributed by atoms with E-state index in [0.29, 0.717) is 33.4 Å². The molecule has 4 aromatic rings. The molecule has 2 aliphatic rings. The largest absolute Gasteiger partial charge is 0.507 e. The molecular weight excluding hydrogens is 660 g/mol. The van der Waals surface area contributed by atoms with Crippen molar-refractivity contribution in [2.24, 2.45) is 11.8 Å². The van der Waals surface area contributed by atoms with Crippen molar-refractivity contribution in [3.05, 3.63) is 118 Å². The van der Waals surface area contributed by atoms with Gasteiger partial charge >= 0.3 is 0 Å². The van der Waals surface area contributed by atoms with E-state index in [1.54, 1.807) is 62.4 Å². The van der Waals surface area contributed by atoms with Gasteiger partial charge in [-0.25, -0.2) is 0 Å². The van der Waals surface area contributed by atoms with Crippen molar-refractivity contribution >= 4 is 45.2 Å². The van der Waals surface area contributed by atoms with Crippen LogP contribution in [0.3, 0.4) is 0 Å². The van der Waals surface area contributed by atoms with Gasteiger partial charge in [0.25, 0.3) is 0 Å². The maximum absolute atomic E-state index is 13.8. The normalized spacial score (nSPS) is 15.9. The Kier molecular flexibility index (Phi) is 9.10. The number of aliphatic hydroxyl groups excluding tert-OH is 2. The van der Waals surface area contributed by atoms with Gasteiger partial charge in [0.05, 0.1) is 22.5 Å². The Balaban J connectivity index is 1.64. The van der Waals surface area contributed by atoms with Gasteiger partial charge in [-0.2, -0.15) is 0 Å². The summed E-state index contributed by atoms with van der Waals surface area (Å²) in [6.45, 7) is 10.7. The number of para-hydroxylation sites is 4. The monoisotopic (exact) mass is 700 g/mol. The van der Waals surface area contributed by atoms with Crippen molar-refractivity contribution < 1.29 is 40.2 Å². The highest BCUT2D eigenvalue weighted by molar-refractivity contribution is 6.35. The molecule has 0 radical (unpaired) electrons. The van der Waals surface area contributed by atoms with Crippen LogP contribution in [0.4, 0.5) is 11.4 Å². The number of hydrogen-bond donors (Lipinski definition) is 8. The molecule has 0 aliphatic heterocycles. The molecule has 0 heterocycles. The maximum Gasteiger partial charge on any atom is 0.229 e. The smallest absolute Gasteiger partial charge is 0.229 e. The predicted octanol–water partition coefficient (Wildman–Crippen LogP) is 8.71. The molecule has 0 spiro atoms. The first-order valence-corrected chi connectivity index (χ1v) is 16.9. The third-order valence-corrected chi connectivity index (χ3v) is 9.50. The molecule has 2 aliphatic carbocycles. The van der Waals surface area contributed by atoms with E-state index in [9.17, 15) is 40.2 Å². The first kappa shape index (κ1) is 35.4. The molecule has 0 fully saturated rings. The molecular formula is C42H40N2O8. The zero-order valence-electron chi connectivity index (χ0n) is 29.6.